The number of sulfonamides is 1. The number of hydrogen-bond acceptors (Lipinski definition) is 4. The van der Waals surface area contributed by atoms with Crippen molar-refractivity contribution in [3.63, 3.8) is 0 Å². The van der Waals surface area contributed by atoms with Gasteiger partial charge in [-0.05, 0) is 12.1 Å². The summed E-state index contributed by atoms with van der Waals surface area (Å²) in [5.74, 6) is 0.693. The zero-order valence-electron chi connectivity index (χ0n) is 11.1. The molecule has 2 N–H and O–H groups in total. The van der Waals surface area contributed by atoms with Gasteiger partial charge in [-0.3, -0.25) is 4.79 Å². The molecular weight excluding hydrogens is 292 g/mol. The highest BCUT2D eigenvalue weighted by molar-refractivity contribution is 7.89. The van der Waals surface area contributed by atoms with Crippen LogP contribution in [0.3, 0.4) is 0 Å². The molecule has 0 spiro atoms. The van der Waals surface area contributed by atoms with E-state index in [2.05, 4.69) is 9.71 Å². The topological polar surface area (TPSA) is 88.3 Å². The molecule has 0 saturated carbocycles. The third-order valence-corrected chi connectivity index (χ3v) is 4.79. The summed E-state index contributed by atoms with van der Waals surface area (Å²) in [4.78, 5) is 13.4. The van der Waals surface area contributed by atoms with Crippen molar-refractivity contribution in [1.29, 1.82) is 0 Å². The third-order valence-electron chi connectivity index (χ3n) is 3.32. The molecule has 7 heteroatoms. The molecule has 1 aromatic heterocycles. The monoisotopic (exact) mass is 306 g/mol. The van der Waals surface area contributed by atoms with Crippen LogP contribution in [0.2, 0.25) is 0 Å². The first-order valence-electron chi connectivity index (χ1n) is 6.49. The SMILES string of the molecule is O=c1ccc(S(=O)(=O)NC2CCOc3ccccc32)c[nH]1. The number of aromatic amines is 1. The van der Waals surface area contributed by atoms with Crippen molar-refractivity contribution in [1.82, 2.24) is 9.71 Å². The number of benzene rings is 1. The second kappa shape index (κ2) is 5.34. The molecule has 6 nitrogen and oxygen atoms in total. The maximum atomic E-state index is 12.3. The Labute approximate surface area is 121 Å². The number of pyridine rings is 1. The fourth-order valence-electron chi connectivity index (χ4n) is 2.28. The fraction of sp³-hybridized carbons (Fsp3) is 0.214. The average molecular weight is 306 g/mol. The van der Waals surface area contributed by atoms with E-state index in [9.17, 15) is 13.2 Å². The van der Waals surface area contributed by atoms with Crippen LogP contribution in [0, 0.1) is 0 Å². The molecule has 0 bridgehead atoms. The van der Waals surface area contributed by atoms with Gasteiger partial charge >= 0.3 is 0 Å². The molecule has 0 saturated heterocycles. The summed E-state index contributed by atoms with van der Waals surface area (Å²) in [5, 5.41) is 0. The molecule has 110 valence electrons. The van der Waals surface area contributed by atoms with Gasteiger partial charge in [-0.2, -0.15) is 0 Å². The van der Waals surface area contributed by atoms with E-state index in [0.29, 0.717) is 18.8 Å². The first kappa shape index (κ1) is 13.8. The maximum absolute atomic E-state index is 12.3. The van der Waals surface area contributed by atoms with Crippen LogP contribution in [0.25, 0.3) is 0 Å². The van der Waals surface area contributed by atoms with Gasteiger partial charge in [0.25, 0.3) is 0 Å². The summed E-state index contributed by atoms with van der Waals surface area (Å²) in [7, 11) is -3.70. The van der Waals surface area contributed by atoms with E-state index in [1.807, 2.05) is 24.3 Å². The predicted molar refractivity (Wildman–Crippen MR) is 76.7 cm³/mol. The van der Waals surface area contributed by atoms with Crippen LogP contribution in [-0.4, -0.2) is 20.0 Å². The van der Waals surface area contributed by atoms with Crippen molar-refractivity contribution in [2.24, 2.45) is 0 Å². The number of ether oxygens (including phenoxy) is 1. The van der Waals surface area contributed by atoms with Gasteiger partial charge in [0.15, 0.2) is 0 Å². The Hall–Kier alpha value is -2.12. The predicted octanol–water partition coefficient (Wildman–Crippen LogP) is 1.18. The molecule has 1 aromatic carbocycles. The summed E-state index contributed by atoms with van der Waals surface area (Å²) in [6.07, 6.45) is 1.75. The van der Waals surface area contributed by atoms with Crippen molar-refractivity contribution in [3.05, 3.63) is 58.5 Å². The van der Waals surface area contributed by atoms with Gasteiger partial charge in [0.1, 0.15) is 5.75 Å². The standard InChI is InChI=1S/C14H14N2O4S/c17-14-6-5-10(9-15-14)21(18,19)16-12-7-8-20-13-4-2-1-3-11(12)13/h1-6,9,12,16H,7-8H2,(H,15,17). The Morgan fingerprint density at radius 3 is 2.76 bits per heavy atom. The number of aromatic nitrogens is 1. The lowest BCUT2D eigenvalue weighted by Crippen LogP contribution is -2.32. The first-order valence-corrected chi connectivity index (χ1v) is 7.97. The van der Waals surface area contributed by atoms with Gasteiger partial charge in [0.05, 0.1) is 17.5 Å². The lowest BCUT2D eigenvalue weighted by molar-refractivity contribution is 0.263. The second-order valence-corrected chi connectivity index (χ2v) is 6.45. The lowest BCUT2D eigenvalue weighted by Gasteiger charge is -2.26. The third kappa shape index (κ3) is 2.84. The molecule has 1 atom stereocenters. The van der Waals surface area contributed by atoms with Crippen molar-refractivity contribution >= 4 is 10.0 Å². The van der Waals surface area contributed by atoms with Crippen LogP contribution >= 0.6 is 0 Å². The Morgan fingerprint density at radius 2 is 2.00 bits per heavy atom. The minimum atomic E-state index is -3.70. The first-order chi connectivity index (χ1) is 10.1. The Kier molecular flexibility index (Phi) is 3.52. The zero-order valence-corrected chi connectivity index (χ0v) is 11.9. The van der Waals surface area contributed by atoms with E-state index in [1.165, 1.54) is 18.3 Å². The molecule has 1 aliphatic heterocycles. The maximum Gasteiger partial charge on any atom is 0.247 e. The highest BCUT2D eigenvalue weighted by atomic mass is 32.2. The van der Waals surface area contributed by atoms with E-state index >= 15 is 0 Å². The fourth-order valence-corrected chi connectivity index (χ4v) is 3.50. The molecule has 2 aromatic rings. The average Bonchev–Trinajstić information content (AvgIpc) is 2.48. The summed E-state index contributed by atoms with van der Waals surface area (Å²) in [6.45, 7) is 0.454. The Morgan fingerprint density at radius 1 is 1.19 bits per heavy atom. The molecule has 2 heterocycles. The van der Waals surface area contributed by atoms with E-state index < -0.39 is 10.0 Å². The van der Waals surface area contributed by atoms with Crippen LogP contribution in [0.4, 0.5) is 0 Å². The molecule has 21 heavy (non-hydrogen) atoms. The van der Waals surface area contributed by atoms with Crippen molar-refractivity contribution in [3.8, 4) is 5.75 Å². The van der Waals surface area contributed by atoms with Gasteiger partial charge < -0.3 is 9.72 Å². The van der Waals surface area contributed by atoms with Crippen LogP contribution in [0.15, 0.2) is 52.3 Å². The highest BCUT2D eigenvalue weighted by Gasteiger charge is 2.26. The molecule has 0 fully saturated rings. The zero-order chi connectivity index (χ0) is 14.9. The van der Waals surface area contributed by atoms with Crippen LogP contribution in [0.5, 0.6) is 5.75 Å². The number of rotatable bonds is 3. The smallest absolute Gasteiger partial charge is 0.247 e. The molecule has 3 rings (SSSR count). The number of H-pyrrole nitrogens is 1. The molecular formula is C14H14N2O4S. The second-order valence-electron chi connectivity index (χ2n) is 4.74. The molecule has 1 aliphatic rings. The van der Waals surface area contributed by atoms with E-state index in [-0.39, 0.29) is 16.5 Å². The molecule has 0 amide bonds. The van der Waals surface area contributed by atoms with Crippen molar-refractivity contribution < 1.29 is 13.2 Å². The summed E-state index contributed by atoms with van der Waals surface area (Å²) >= 11 is 0. The Balaban J connectivity index is 1.90. The van der Waals surface area contributed by atoms with Gasteiger partial charge in [0.2, 0.25) is 15.6 Å². The minimum Gasteiger partial charge on any atom is -0.493 e. The molecule has 0 aliphatic carbocycles. The number of para-hydroxylation sites is 1. The normalized spacial score (nSPS) is 17.8. The highest BCUT2D eigenvalue weighted by Crippen LogP contribution is 2.32. The molecule has 1 unspecified atom stereocenters. The number of nitrogens with one attached hydrogen (secondary N) is 2. The number of fused-ring (bicyclic) bond motifs is 1. The van der Waals surface area contributed by atoms with Gasteiger partial charge in [-0.25, -0.2) is 13.1 Å². The summed E-state index contributed by atoms with van der Waals surface area (Å²) < 4.78 is 32.9. The van der Waals surface area contributed by atoms with E-state index in [1.54, 1.807) is 0 Å². The minimum absolute atomic E-state index is 0.0334. The summed E-state index contributed by atoms with van der Waals surface area (Å²) in [5.41, 5.74) is 0.474. The van der Waals surface area contributed by atoms with Crippen LogP contribution < -0.4 is 15.0 Å². The lowest BCUT2D eigenvalue weighted by atomic mass is 10.0. The van der Waals surface area contributed by atoms with Crippen LogP contribution in [-0.2, 0) is 10.0 Å². The van der Waals surface area contributed by atoms with Gasteiger partial charge in [0, 0.05) is 24.2 Å². The quantitative estimate of drug-likeness (QED) is 0.891. The Bertz CT molecular complexity index is 793. The summed E-state index contributed by atoms with van der Waals surface area (Å²) in [6, 6.07) is 9.47. The van der Waals surface area contributed by atoms with Crippen molar-refractivity contribution in [2.45, 2.75) is 17.4 Å². The van der Waals surface area contributed by atoms with E-state index in [0.717, 1.165) is 5.56 Å². The van der Waals surface area contributed by atoms with Gasteiger partial charge in [-0.15, -0.1) is 0 Å². The van der Waals surface area contributed by atoms with Crippen molar-refractivity contribution in [2.75, 3.05) is 6.61 Å². The number of hydrogen-bond donors (Lipinski definition) is 2. The van der Waals surface area contributed by atoms with Crippen LogP contribution in [0.1, 0.15) is 18.0 Å². The largest absolute Gasteiger partial charge is 0.493 e. The van der Waals surface area contributed by atoms with Gasteiger partial charge in [-0.1, -0.05) is 18.2 Å². The molecule has 0 radical (unpaired) electrons. The van der Waals surface area contributed by atoms with E-state index in [4.69, 9.17) is 4.74 Å².